The van der Waals surface area contributed by atoms with Crippen molar-refractivity contribution in [3.63, 3.8) is 0 Å². The fraction of sp³-hybridized carbons (Fsp3) is 0.438. The topological polar surface area (TPSA) is 62.3 Å². The SMILES string of the molecule is CCc1nccc2c(S(=O)(=O)N3CCCNCC3)cccc12. The van der Waals surface area contributed by atoms with Gasteiger partial charge in [0.2, 0.25) is 10.0 Å². The third-order valence-electron chi connectivity index (χ3n) is 4.10. The molecule has 1 aliphatic rings. The molecule has 1 saturated heterocycles. The molecule has 5 nitrogen and oxygen atoms in total. The molecule has 0 saturated carbocycles. The Kier molecular flexibility index (Phi) is 4.42. The quantitative estimate of drug-likeness (QED) is 0.937. The molecule has 1 aliphatic heterocycles. The molecule has 0 amide bonds. The first-order valence-corrected chi connectivity index (χ1v) is 9.16. The fourth-order valence-electron chi connectivity index (χ4n) is 2.95. The van der Waals surface area contributed by atoms with E-state index in [1.807, 2.05) is 19.1 Å². The molecule has 0 aliphatic carbocycles. The molecule has 22 heavy (non-hydrogen) atoms. The van der Waals surface area contributed by atoms with Crippen LogP contribution in [0.3, 0.4) is 0 Å². The number of hydrogen-bond donors (Lipinski definition) is 1. The predicted octanol–water partition coefficient (Wildman–Crippen LogP) is 1.78. The number of aromatic nitrogens is 1. The first-order chi connectivity index (χ1) is 10.6. The molecule has 1 aromatic carbocycles. The number of benzene rings is 1. The minimum absolute atomic E-state index is 0.393. The van der Waals surface area contributed by atoms with E-state index in [9.17, 15) is 8.42 Å². The Morgan fingerprint density at radius 3 is 2.86 bits per heavy atom. The molecule has 0 bridgehead atoms. The number of sulfonamides is 1. The Bertz CT molecular complexity index is 766. The lowest BCUT2D eigenvalue weighted by Crippen LogP contribution is -2.34. The van der Waals surface area contributed by atoms with Crippen LogP contribution in [0.25, 0.3) is 10.8 Å². The second kappa shape index (κ2) is 6.32. The molecule has 0 spiro atoms. The molecular weight excluding hydrogens is 298 g/mol. The monoisotopic (exact) mass is 319 g/mol. The first-order valence-electron chi connectivity index (χ1n) is 7.72. The van der Waals surface area contributed by atoms with Crippen LogP contribution >= 0.6 is 0 Å². The number of rotatable bonds is 3. The van der Waals surface area contributed by atoms with Crippen LogP contribution in [0.4, 0.5) is 0 Å². The van der Waals surface area contributed by atoms with Crippen molar-refractivity contribution < 1.29 is 8.42 Å². The van der Waals surface area contributed by atoms with Crippen molar-refractivity contribution in [2.45, 2.75) is 24.7 Å². The van der Waals surface area contributed by atoms with Gasteiger partial charge in [-0.05, 0) is 31.5 Å². The van der Waals surface area contributed by atoms with Crippen LogP contribution in [-0.4, -0.2) is 43.9 Å². The zero-order valence-electron chi connectivity index (χ0n) is 12.7. The average molecular weight is 319 g/mol. The average Bonchev–Trinajstić information content (AvgIpc) is 2.83. The van der Waals surface area contributed by atoms with Crippen molar-refractivity contribution in [3.05, 3.63) is 36.2 Å². The summed E-state index contributed by atoms with van der Waals surface area (Å²) in [5, 5.41) is 4.94. The molecule has 1 fully saturated rings. The zero-order chi connectivity index (χ0) is 15.6. The van der Waals surface area contributed by atoms with E-state index in [0.29, 0.717) is 24.5 Å². The van der Waals surface area contributed by atoms with Crippen LogP contribution in [-0.2, 0) is 16.4 Å². The highest BCUT2D eigenvalue weighted by Gasteiger charge is 2.26. The van der Waals surface area contributed by atoms with E-state index in [1.165, 1.54) is 0 Å². The first kappa shape index (κ1) is 15.4. The van der Waals surface area contributed by atoms with E-state index in [0.717, 1.165) is 35.9 Å². The van der Waals surface area contributed by atoms with Gasteiger partial charge in [-0.2, -0.15) is 4.31 Å². The predicted molar refractivity (Wildman–Crippen MR) is 87.4 cm³/mol. The largest absolute Gasteiger partial charge is 0.315 e. The van der Waals surface area contributed by atoms with Crippen molar-refractivity contribution >= 4 is 20.8 Å². The van der Waals surface area contributed by atoms with Crippen molar-refractivity contribution in [2.24, 2.45) is 0 Å². The Balaban J connectivity index is 2.12. The van der Waals surface area contributed by atoms with Crippen molar-refractivity contribution in [3.8, 4) is 0 Å². The van der Waals surface area contributed by atoms with Crippen LogP contribution in [0.1, 0.15) is 19.0 Å². The lowest BCUT2D eigenvalue weighted by molar-refractivity contribution is 0.432. The van der Waals surface area contributed by atoms with Crippen LogP contribution < -0.4 is 5.32 Å². The highest BCUT2D eigenvalue weighted by molar-refractivity contribution is 7.89. The maximum atomic E-state index is 13.0. The molecule has 0 atom stereocenters. The lowest BCUT2D eigenvalue weighted by atomic mass is 10.1. The molecule has 0 radical (unpaired) electrons. The number of fused-ring (bicyclic) bond motifs is 1. The molecule has 6 heteroatoms. The van der Waals surface area contributed by atoms with Gasteiger partial charge in [-0.1, -0.05) is 19.1 Å². The summed E-state index contributed by atoms with van der Waals surface area (Å²) in [6, 6.07) is 7.27. The Morgan fingerprint density at radius 1 is 1.18 bits per heavy atom. The number of pyridine rings is 1. The van der Waals surface area contributed by atoms with E-state index >= 15 is 0 Å². The number of nitrogens with one attached hydrogen (secondary N) is 1. The molecule has 2 aromatic rings. The number of nitrogens with zero attached hydrogens (tertiary/aromatic N) is 2. The van der Waals surface area contributed by atoms with Crippen LogP contribution in [0.15, 0.2) is 35.4 Å². The molecule has 0 unspecified atom stereocenters. The van der Waals surface area contributed by atoms with Gasteiger partial charge in [-0.25, -0.2) is 8.42 Å². The van der Waals surface area contributed by atoms with Gasteiger partial charge in [0.15, 0.2) is 0 Å². The highest BCUT2D eigenvalue weighted by Crippen LogP contribution is 2.27. The summed E-state index contributed by atoms with van der Waals surface area (Å²) in [6.45, 7) is 4.68. The molecule has 118 valence electrons. The van der Waals surface area contributed by atoms with Gasteiger partial charge in [0.05, 0.1) is 4.90 Å². The molecule has 2 heterocycles. The van der Waals surface area contributed by atoms with E-state index in [-0.39, 0.29) is 0 Å². The van der Waals surface area contributed by atoms with E-state index < -0.39 is 10.0 Å². The minimum Gasteiger partial charge on any atom is -0.315 e. The Morgan fingerprint density at radius 2 is 2.05 bits per heavy atom. The normalized spacial score (nSPS) is 17.5. The summed E-state index contributed by atoms with van der Waals surface area (Å²) in [5.74, 6) is 0. The maximum Gasteiger partial charge on any atom is 0.243 e. The molecule has 1 N–H and O–H groups in total. The molecular formula is C16H21N3O2S. The van der Waals surface area contributed by atoms with Gasteiger partial charge < -0.3 is 5.32 Å². The van der Waals surface area contributed by atoms with Crippen LogP contribution in [0.5, 0.6) is 0 Å². The van der Waals surface area contributed by atoms with Crippen LogP contribution in [0.2, 0.25) is 0 Å². The summed E-state index contributed by atoms with van der Waals surface area (Å²) in [4.78, 5) is 4.75. The third kappa shape index (κ3) is 2.74. The van der Waals surface area contributed by atoms with Crippen molar-refractivity contribution in [1.29, 1.82) is 0 Å². The van der Waals surface area contributed by atoms with E-state index in [2.05, 4.69) is 10.3 Å². The lowest BCUT2D eigenvalue weighted by Gasteiger charge is -2.21. The van der Waals surface area contributed by atoms with Crippen molar-refractivity contribution in [1.82, 2.24) is 14.6 Å². The summed E-state index contributed by atoms with van der Waals surface area (Å²) < 4.78 is 27.7. The highest BCUT2D eigenvalue weighted by atomic mass is 32.2. The van der Waals surface area contributed by atoms with Gasteiger partial charge in [-0.3, -0.25) is 4.98 Å². The third-order valence-corrected chi connectivity index (χ3v) is 6.06. The number of aryl methyl sites for hydroxylation is 1. The summed E-state index contributed by atoms with van der Waals surface area (Å²) in [5.41, 5.74) is 0.937. The van der Waals surface area contributed by atoms with Crippen LogP contribution in [0, 0.1) is 0 Å². The maximum absolute atomic E-state index is 13.0. The van der Waals surface area contributed by atoms with Gasteiger partial charge in [0.1, 0.15) is 0 Å². The summed E-state index contributed by atoms with van der Waals surface area (Å²) in [7, 11) is -3.47. The zero-order valence-corrected chi connectivity index (χ0v) is 13.6. The van der Waals surface area contributed by atoms with Gasteiger partial charge >= 0.3 is 0 Å². The second-order valence-electron chi connectivity index (χ2n) is 5.47. The Hall–Kier alpha value is -1.50. The number of hydrogen-bond acceptors (Lipinski definition) is 4. The summed E-state index contributed by atoms with van der Waals surface area (Å²) >= 11 is 0. The van der Waals surface area contributed by atoms with Gasteiger partial charge in [0.25, 0.3) is 0 Å². The standard InChI is InChI=1S/C16H21N3O2S/c1-2-15-13-5-3-6-16(14(13)7-9-18-15)22(20,21)19-11-4-8-17-10-12-19/h3,5-7,9,17H,2,4,8,10-12H2,1H3. The minimum atomic E-state index is -3.47. The molecule has 1 aromatic heterocycles. The van der Waals surface area contributed by atoms with Gasteiger partial charge in [-0.15, -0.1) is 0 Å². The smallest absolute Gasteiger partial charge is 0.243 e. The fourth-order valence-corrected chi connectivity index (χ4v) is 4.63. The van der Waals surface area contributed by atoms with Crippen molar-refractivity contribution in [2.75, 3.05) is 26.2 Å². The summed E-state index contributed by atoms with van der Waals surface area (Å²) in [6.07, 6.45) is 3.32. The molecule has 3 rings (SSSR count). The van der Waals surface area contributed by atoms with E-state index in [1.54, 1.807) is 22.6 Å². The van der Waals surface area contributed by atoms with E-state index in [4.69, 9.17) is 0 Å². The van der Waals surface area contributed by atoms with Gasteiger partial charge in [0, 0.05) is 42.3 Å². The Labute approximate surface area is 131 Å². The second-order valence-corrected chi connectivity index (χ2v) is 7.38.